The van der Waals surface area contributed by atoms with E-state index in [-0.39, 0.29) is 0 Å². The molecule has 0 fully saturated rings. The van der Waals surface area contributed by atoms with Gasteiger partial charge in [0.2, 0.25) is 0 Å². The third-order valence-electron chi connectivity index (χ3n) is 2.29. The van der Waals surface area contributed by atoms with E-state index in [9.17, 15) is 5.11 Å². The largest absolute Gasteiger partial charge is 0.508 e. The van der Waals surface area contributed by atoms with Crippen LogP contribution in [0.3, 0.4) is 0 Å². The molecule has 0 heterocycles. The molecule has 0 spiro atoms. The molecule has 3 heteroatoms. The molecule has 1 rings (SSSR count). The average molecular weight is 214 g/mol. The number of aromatic hydroxyl groups is 1. The molecule has 0 bridgehead atoms. The van der Waals surface area contributed by atoms with Gasteiger partial charge >= 0.3 is 0 Å². The van der Waals surface area contributed by atoms with Gasteiger partial charge in [-0.3, -0.25) is 0 Å². The van der Waals surface area contributed by atoms with E-state index < -0.39 is 0 Å². The van der Waals surface area contributed by atoms with Gasteiger partial charge in [0.1, 0.15) is 5.75 Å². The highest BCUT2D eigenvalue weighted by Gasteiger charge is 2.03. The molecule has 78 valence electrons. The fourth-order valence-corrected chi connectivity index (χ4v) is 1.32. The third-order valence-corrected chi connectivity index (χ3v) is 2.53. The maximum atomic E-state index is 9.52. The van der Waals surface area contributed by atoms with E-state index in [0.717, 1.165) is 12.0 Å². The minimum Gasteiger partial charge on any atom is -0.508 e. The molecule has 1 atom stereocenters. The molecule has 14 heavy (non-hydrogen) atoms. The Hall–Kier alpha value is -0.730. The second kappa shape index (κ2) is 5.23. The lowest BCUT2D eigenvalue weighted by Crippen LogP contribution is -2.24. The fourth-order valence-electron chi connectivity index (χ4n) is 1.12. The molecular weight excluding hydrogens is 198 g/mol. The van der Waals surface area contributed by atoms with Crippen molar-refractivity contribution < 1.29 is 5.11 Å². The monoisotopic (exact) mass is 213 g/mol. The number of phenols is 1. The Labute approximate surface area is 89.9 Å². The van der Waals surface area contributed by atoms with Crippen molar-refractivity contribution in [2.45, 2.75) is 32.9 Å². The predicted molar refractivity (Wildman–Crippen MR) is 59.7 cm³/mol. The first kappa shape index (κ1) is 11.3. The first-order valence-corrected chi connectivity index (χ1v) is 5.22. The summed E-state index contributed by atoms with van der Waals surface area (Å²) in [7, 11) is 0. The van der Waals surface area contributed by atoms with Crippen LogP contribution in [0.4, 0.5) is 0 Å². The summed E-state index contributed by atoms with van der Waals surface area (Å²) < 4.78 is 0. The zero-order valence-corrected chi connectivity index (χ0v) is 9.30. The van der Waals surface area contributed by atoms with E-state index >= 15 is 0 Å². The van der Waals surface area contributed by atoms with Crippen LogP contribution in [0.15, 0.2) is 18.2 Å². The number of halogens is 1. The first-order chi connectivity index (χ1) is 6.63. The molecule has 2 nitrogen and oxygen atoms in total. The minimum atomic E-state index is 0.296. The molecule has 0 unspecified atom stereocenters. The standard InChI is InChI=1S/C11H16ClNO/c1-3-8(2)13-7-9-6-10(12)4-5-11(9)14/h4-6,8,13-14H,3,7H2,1-2H3/t8-/m1/s1. The number of rotatable bonds is 4. The van der Waals surface area contributed by atoms with Crippen LogP contribution in [0.1, 0.15) is 25.8 Å². The van der Waals surface area contributed by atoms with Gasteiger partial charge in [0.05, 0.1) is 0 Å². The van der Waals surface area contributed by atoms with Crippen LogP contribution in [-0.4, -0.2) is 11.1 Å². The Morgan fingerprint density at radius 3 is 2.86 bits per heavy atom. The van der Waals surface area contributed by atoms with Crippen LogP contribution in [0.5, 0.6) is 5.75 Å². The Morgan fingerprint density at radius 2 is 2.21 bits per heavy atom. The highest BCUT2D eigenvalue weighted by atomic mass is 35.5. The Balaban J connectivity index is 2.62. The lowest BCUT2D eigenvalue weighted by molar-refractivity contribution is 0.457. The first-order valence-electron chi connectivity index (χ1n) is 4.84. The molecule has 1 aromatic rings. The van der Waals surface area contributed by atoms with E-state index in [1.165, 1.54) is 0 Å². The van der Waals surface area contributed by atoms with Crippen molar-refractivity contribution in [1.82, 2.24) is 5.32 Å². The van der Waals surface area contributed by atoms with E-state index in [4.69, 9.17) is 11.6 Å². The summed E-state index contributed by atoms with van der Waals surface area (Å²) in [5.41, 5.74) is 0.845. The molecule has 0 saturated carbocycles. The summed E-state index contributed by atoms with van der Waals surface area (Å²) >= 11 is 5.83. The van der Waals surface area contributed by atoms with Gasteiger partial charge in [-0.1, -0.05) is 18.5 Å². The lowest BCUT2D eigenvalue weighted by atomic mass is 10.2. The third kappa shape index (κ3) is 3.20. The maximum absolute atomic E-state index is 9.52. The zero-order valence-electron chi connectivity index (χ0n) is 8.55. The average Bonchev–Trinajstić information content (AvgIpc) is 2.19. The van der Waals surface area contributed by atoms with E-state index in [0.29, 0.717) is 23.4 Å². The SMILES string of the molecule is CC[C@@H](C)NCc1cc(Cl)ccc1O. The molecule has 0 aromatic heterocycles. The zero-order chi connectivity index (χ0) is 10.6. The van der Waals surface area contributed by atoms with E-state index in [1.807, 2.05) is 0 Å². The summed E-state index contributed by atoms with van der Waals surface area (Å²) in [6, 6.07) is 5.54. The van der Waals surface area contributed by atoms with Gasteiger partial charge in [-0.15, -0.1) is 0 Å². The van der Waals surface area contributed by atoms with Crippen LogP contribution in [-0.2, 0) is 6.54 Å². The van der Waals surface area contributed by atoms with Crippen LogP contribution >= 0.6 is 11.6 Å². The van der Waals surface area contributed by atoms with Gasteiger partial charge in [0.25, 0.3) is 0 Å². The molecule has 2 N–H and O–H groups in total. The van der Waals surface area contributed by atoms with Crippen molar-refractivity contribution in [3.05, 3.63) is 28.8 Å². The van der Waals surface area contributed by atoms with Crippen LogP contribution in [0, 0.1) is 0 Å². The quantitative estimate of drug-likeness (QED) is 0.806. The molecule has 0 amide bonds. The minimum absolute atomic E-state index is 0.296. The highest BCUT2D eigenvalue weighted by molar-refractivity contribution is 6.30. The smallest absolute Gasteiger partial charge is 0.120 e. The van der Waals surface area contributed by atoms with Gasteiger partial charge < -0.3 is 10.4 Å². The fraction of sp³-hybridized carbons (Fsp3) is 0.455. The summed E-state index contributed by atoms with van der Waals surface area (Å²) in [4.78, 5) is 0. The molecule has 1 aromatic carbocycles. The van der Waals surface area contributed by atoms with Crippen LogP contribution in [0.2, 0.25) is 5.02 Å². The normalized spacial score (nSPS) is 12.8. The lowest BCUT2D eigenvalue weighted by Gasteiger charge is -2.12. The van der Waals surface area contributed by atoms with Crippen molar-refractivity contribution in [2.75, 3.05) is 0 Å². The van der Waals surface area contributed by atoms with Gasteiger partial charge in [0.15, 0.2) is 0 Å². The summed E-state index contributed by atoms with van der Waals surface area (Å²) in [5.74, 6) is 0.296. The second-order valence-corrected chi connectivity index (χ2v) is 3.90. The summed E-state index contributed by atoms with van der Waals surface area (Å²) in [6.07, 6.45) is 1.07. The van der Waals surface area contributed by atoms with Gasteiger partial charge in [-0.2, -0.15) is 0 Å². The summed E-state index contributed by atoms with van der Waals surface area (Å²) in [5, 5.41) is 13.5. The van der Waals surface area contributed by atoms with Crippen LogP contribution < -0.4 is 5.32 Å². The van der Waals surface area contributed by atoms with Crippen molar-refractivity contribution in [3.8, 4) is 5.75 Å². The predicted octanol–water partition coefficient (Wildman–Crippen LogP) is 2.93. The second-order valence-electron chi connectivity index (χ2n) is 3.46. The van der Waals surface area contributed by atoms with Crippen molar-refractivity contribution in [3.63, 3.8) is 0 Å². The molecular formula is C11H16ClNO. The van der Waals surface area contributed by atoms with Crippen molar-refractivity contribution in [1.29, 1.82) is 0 Å². The Morgan fingerprint density at radius 1 is 1.50 bits per heavy atom. The van der Waals surface area contributed by atoms with Gasteiger partial charge in [-0.25, -0.2) is 0 Å². The topological polar surface area (TPSA) is 32.3 Å². The number of hydrogen-bond donors (Lipinski definition) is 2. The number of phenolic OH excluding ortho intramolecular Hbond substituents is 1. The van der Waals surface area contributed by atoms with Crippen molar-refractivity contribution >= 4 is 11.6 Å². The highest BCUT2D eigenvalue weighted by Crippen LogP contribution is 2.21. The number of benzene rings is 1. The number of nitrogens with one attached hydrogen (secondary N) is 1. The Kier molecular flexibility index (Phi) is 4.23. The molecule has 0 aliphatic rings. The molecule has 0 aliphatic heterocycles. The maximum Gasteiger partial charge on any atom is 0.120 e. The van der Waals surface area contributed by atoms with Gasteiger partial charge in [-0.05, 0) is 31.5 Å². The molecule has 0 aliphatic carbocycles. The number of hydrogen-bond acceptors (Lipinski definition) is 2. The van der Waals surface area contributed by atoms with Crippen molar-refractivity contribution in [2.24, 2.45) is 0 Å². The van der Waals surface area contributed by atoms with E-state index in [1.54, 1.807) is 18.2 Å². The molecule has 0 saturated heterocycles. The Bertz CT molecular complexity index is 301. The molecule has 0 radical (unpaired) electrons. The van der Waals surface area contributed by atoms with Crippen LogP contribution in [0.25, 0.3) is 0 Å². The van der Waals surface area contributed by atoms with E-state index in [2.05, 4.69) is 19.2 Å². The van der Waals surface area contributed by atoms with Gasteiger partial charge in [0, 0.05) is 23.2 Å². The summed E-state index contributed by atoms with van der Waals surface area (Å²) in [6.45, 7) is 4.89.